The van der Waals surface area contributed by atoms with Gasteiger partial charge in [0.05, 0.1) is 4.92 Å². The molecule has 0 saturated carbocycles. The van der Waals surface area contributed by atoms with Crippen LogP contribution in [0.15, 0.2) is 22.7 Å². The summed E-state index contributed by atoms with van der Waals surface area (Å²) in [4.78, 5) is 14.9. The number of nitro groups is 1. The van der Waals surface area contributed by atoms with Crippen molar-refractivity contribution in [1.82, 2.24) is 10.1 Å². The number of aryl methyl sites for hydroxylation is 1. The van der Waals surface area contributed by atoms with E-state index in [0.29, 0.717) is 35.9 Å². The van der Waals surface area contributed by atoms with Crippen molar-refractivity contribution in [3.05, 3.63) is 34.1 Å². The lowest BCUT2D eigenvalue weighted by atomic mass is 10.1. The SMILES string of the molecule is CCCNc1ccc(-c2nc(CC)no2)cc1[N+](=O)[O-]. The van der Waals surface area contributed by atoms with Gasteiger partial charge in [-0.15, -0.1) is 0 Å². The van der Waals surface area contributed by atoms with Crippen LogP contribution in [0.1, 0.15) is 26.1 Å². The molecule has 2 rings (SSSR count). The zero-order valence-electron chi connectivity index (χ0n) is 11.4. The summed E-state index contributed by atoms with van der Waals surface area (Å²) in [6.07, 6.45) is 1.55. The molecule has 0 atom stereocenters. The highest BCUT2D eigenvalue weighted by Gasteiger charge is 2.17. The van der Waals surface area contributed by atoms with E-state index in [4.69, 9.17) is 4.52 Å². The van der Waals surface area contributed by atoms with Gasteiger partial charge < -0.3 is 9.84 Å². The Morgan fingerprint density at radius 2 is 2.20 bits per heavy atom. The van der Waals surface area contributed by atoms with Crippen molar-refractivity contribution in [2.75, 3.05) is 11.9 Å². The van der Waals surface area contributed by atoms with Gasteiger partial charge in [-0.25, -0.2) is 0 Å². The summed E-state index contributed by atoms with van der Waals surface area (Å²) < 4.78 is 5.09. The maximum atomic E-state index is 11.1. The number of nitrogens with zero attached hydrogens (tertiary/aromatic N) is 3. The molecule has 1 aromatic heterocycles. The Labute approximate surface area is 116 Å². The van der Waals surface area contributed by atoms with E-state index in [-0.39, 0.29) is 5.69 Å². The second kappa shape index (κ2) is 6.14. The molecule has 2 aromatic rings. The standard InChI is InChI=1S/C13H16N4O3/c1-3-7-14-10-6-5-9(8-11(10)17(18)19)13-15-12(4-2)16-20-13/h5-6,8,14H,3-4,7H2,1-2H3. The van der Waals surface area contributed by atoms with E-state index in [1.54, 1.807) is 12.1 Å². The lowest BCUT2D eigenvalue weighted by Gasteiger charge is -2.06. The molecule has 0 fully saturated rings. The molecule has 0 bridgehead atoms. The molecule has 7 heteroatoms. The molecule has 0 unspecified atom stereocenters. The number of nitrogens with one attached hydrogen (secondary N) is 1. The van der Waals surface area contributed by atoms with E-state index in [9.17, 15) is 10.1 Å². The number of anilines is 1. The molecule has 0 aliphatic heterocycles. The molecule has 0 saturated heterocycles. The Hall–Kier alpha value is -2.44. The summed E-state index contributed by atoms with van der Waals surface area (Å²) in [7, 11) is 0. The van der Waals surface area contributed by atoms with Crippen LogP contribution in [0.5, 0.6) is 0 Å². The number of hydrogen-bond acceptors (Lipinski definition) is 6. The van der Waals surface area contributed by atoms with E-state index < -0.39 is 4.92 Å². The summed E-state index contributed by atoms with van der Waals surface area (Å²) in [5.41, 5.74) is 1.05. The largest absolute Gasteiger partial charge is 0.380 e. The predicted molar refractivity (Wildman–Crippen MR) is 74.5 cm³/mol. The zero-order chi connectivity index (χ0) is 14.5. The highest BCUT2D eigenvalue weighted by molar-refractivity contribution is 5.69. The first-order valence-corrected chi connectivity index (χ1v) is 6.51. The quantitative estimate of drug-likeness (QED) is 0.643. The summed E-state index contributed by atoms with van der Waals surface area (Å²) in [5, 5.41) is 17.9. The average Bonchev–Trinajstić information content (AvgIpc) is 2.93. The molecular formula is C13H16N4O3. The van der Waals surface area contributed by atoms with Gasteiger partial charge in [0.15, 0.2) is 5.82 Å². The highest BCUT2D eigenvalue weighted by Crippen LogP contribution is 2.30. The molecule has 0 spiro atoms. The Kier molecular flexibility index (Phi) is 4.29. The van der Waals surface area contributed by atoms with Gasteiger partial charge in [0.2, 0.25) is 0 Å². The highest BCUT2D eigenvalue weighted by atomic mass is 16.6. The molecule has 1 N–H and O–H groups in total. The van der Waals surface area contributed by atoms with Crippen LogP contribution >= 0.6 is 0 Å². The first-order valence-electron chi connectivity index (χ1n) is 6.51. The maximum Gasteiger partial charge on any atom is 0.293 e. The number of rotatable bonds is 6. The van der Waals surface area contributed by atoms with Gasteiger partial charge >= 0.3 is 0 Å². The Morgan fingerprint density at radius 3 is 2.80 bits per heavy atom. The molecule has 0 amide bonds. The lowest BCUT2D eigenvalue weighted by Crippen LogP contribution is -2.03. The number of benzene rings is 1. The van der Waals surface area contributed by atoms with Crippen LogP contribution in [-0.2, 0) is 6.42 Å². The summed E-state index contributed by atoms with van der Waals surface area (Å²) in [6, 6.07) is 4.85. The molecule has 1 heterocycles. The van der Waals surface area contributed by atoms with Crippen molar-refractivity contribution in [3.8, 4) is 11.5 Å². The van der Waals surface area contributed by atoms with Gasteiger partial charge in [0.25, 0.3) is 11.6 Å². The Balaban J connectivity index is 2.36. The van der Waals surface area contributed by atoms with E-state index in [1.807, 2.05) is 13.8 Å². The van der Waals surface area contributed by atoms with Crippen molar-refractivity contribution < 1.29 is 9.45 Å². The van der Waals surface area contributed by atoms with Gasteiger partial charge in [-0.3, -0.25) is 10.1 Å². The Morgan fingerprint density at radius 1 is 1.40 bits per heavy atom. The van der Waals surface area contributed by atoms with E-state index in [0.717, 1.165) is 6.42 Å². The molecule has 106 valence electrons. The third kappa shape index (κ3) is 2.93. The molecule has 0 radical (unpaired) electrons. The topological polar surface area (TPSA) is 94.1 Å². The van der Waals surface area contributed by atoms with Gasteiger partial charge in [0.1, 0.15) is 5.69 Å². The van der Waals surface area contributed by atoms with Crippen molar-refractivity contribution in [3.63, 3.8) is 0 Å². The molecule has 0 aliphatic carbocycles. The monoisotopic (exact) mass is 276 g/mol. The average molecular weight is 276 g/mol. The first kappa shape index (κ1) is 14.0. The van der Waals surface area contributed by atoms with E-state index in [2.05, 4.69) is 15.5 Å². The predicted octanol–water partition coefficient (Wildman–Crippen LogP) is 3.03. The normalized spacial score (nSPS) is 10.5. The van der Waals surface area contributed by atoms with E-state index in [1.165, 1.54) is 6.07 Å². The minimum absolute atomic E-state index is 0.00667. The second-order valence-electron chi connectivity index (χ2n) is 4.29. The minimum Gasteiger partial charge on any atom is -0.380 e. The fraction of sp³-hybridized carbons (Fsp3) is 0.385. The molecule has 20 heavy (non-hydrogen) atoms. The number of aromatic nitrogens is 2. The number of hydrogen-bond donors (Lipinski definition) is 1. The molecular weight excluding hydrogens is 260 g/mol. The third-order valence-electron chi connectivity index (χ3n) is 2.79. The van der Waals surface area contributed by atoms with E-state index >= 15 is 0 Å². The third-order valence-corrected chi connectivity index (χ3v) is 2.79. The maximum absolute atomic E-state index is 11.1. The summed E-state index contributed by atoms with van der Waals surface area (Å²) in [5.74, 6) is 0.878. The van der Waals surface area contributed by atoms with Crippen LogP contribution in [0.2, 0.25) is 0 Å². The fourth-order valence-electron chi connectivity index (χ4n) is 1.74. The van der Waals surface area contributed by atoms with Crippen LogP contribution in [0.3, 0.4) is 0 Å². The van der Waals surface area contributed by atoms with Crippen LogP contribution < -0.4 is 5.32 Å². The summed E-state index contributed by atoms with van der Waals surface area (Å²) >= 11 is 0. The zero-order valence-corrected chi connectivity index (χ0v) is 11.4. The second-order valence-corrected chi connectivity index (χ2v) is 4.29. The smallest absolute Gasteiger partial charge is 0.293 e. The van der Waals surface area contributed by atoms with Crippen LogP contribution in [-0.4, -0.2) is 21.6 Å². The molecule has 0 aliphatic rings. The Bertz CT molecular complexity index is 609. The lowest BCUT2D eigenvalue weighted by molar-refractivity contribution is -0.383. The van der Waals surface area contributed by atoms with Gasteiger partial charge in [-0.05, 0) is 18.6 Å². The summed E-state index contributed by atoms with van der Waals surface area (Å²) in [6.45, 7) is 4.59. The van der Waals surface area contributed by atoms with Crippen LogP contribution in [0.25, 0.3) is 11.5 Å². The molecule has 1 aromatic carbocycles. The van der Waals surface area contributed by atoms with Crippen molar-refractivity contribution >= 4 is 11.4 Å². The van der Waals surface area contributed by atoms with Crippen LogP contribution in [0, 0.1) is 10.1 Å². The number of nitro benzene ring substituents is 1. The minimum atomic E-state index is -0.418. The van der Waals surface area contributed by atoms with Crippen molar-refractivity contribution in [1.29, 1.82) is 0 Å². The van der Waals surface area contributed by atoms with Gasteiger partial charge in [-0.2, -0.15) is 4.98 Å². The van der Waals surface area contributed by atoms with Crippen molar-refractivity contribution in [2.24, 2.45) is 0 Å². The van der Waals surface area contributed by atoms with Crippen molar-refractivity contribution in [2.45, 2.75) is 26.7 Å². The van der Waals surface area contributed by atoms with Crippen LogP contribution in [0.4, 0.5) is 11.4 Å². The first-order chi connectivity index (χ1) is 9.65. The molecule has 7 nitrogen and oxygen atoms in total. The van der Waals surface area contributed by atoms with Gasteiger partial charge in [0, 0.05) is 24.6 Å². The fourth-order valence-corrected chi connectivity index (χ4v) is 1.74. The van der Waals surface area contributed by atoms with Gasteiger partial charge in [-0.1, -0.05) is 19.0 Å².